The van der Waals surface area contributed by atoms with Crippen LogP contribution in [0.15, 0.2) is 78.9 Å². The molecular weight excluding hydrogens is 538 g/mol. The van der Waals surface area contributed by atoms with Gasteiger partial charge in [-0.2, -0.15) is 0 Å². The Labute approximate surface area is 235 Å². The summed E-state index contributed by atoms with van der Waals surface area (Å²) in [6.45, 7) is 3.23. The zero-order chi connectivity index (χ0) is 28.6. The maximum atomic E-state index is 14.0. The molecule has 0 fully saturated rings. The van der Waals surface area contributed by atoms with Crippen LogP contribution in [0.25, 0.3) is 0 Å². The molecule has 0 aliphatic rings. The third-order valence-electron chi connectivity index (χ3n) is 5.96. The highest BCUT2D eigenvalue weighted by atomic mass is 35.5. The molecule has 0 bridgehead atoms. The van der Waals surface area contributed by atoms with Crippen LogP contribution in [-0.2, 0) is 32.6 Å². The Hall–Kier alpha value is -3.56. The maximum absolute atomic E-state index is 14.0. The van der Waals surface area contributed by atoms with E-state index < -0.39 is 28.5 Å². The summed E-state index contributed by atoms with van der Waals surface area (Å²) in [7, 11) is -2.39. The van der Waals surface area contributed by atoms with Gasteiger partial charge in [0.2, 0.25) is 21.8 Å². The lowest BCUT2D eigenvalue weighted by Crippen LogP contribution is -2.54. The Morgan fingerprint density at radius 3 is 2.23 bits per heavy atom. The average molecular weight is 572 g/mol. The van der Waals surface area contributed by atoms with Crippen LogP contribution in [0.1, 0.15) is 25.0 Å². The van der Waals surface area contributed by atoms with Crippen LogP contribution in [0, 0.1) is 0 Å². The lowest BCUT2D eigenvalue weighted by atomic mass is 10.0. The maximum Gasteiger partial charge on any atom is 0.244 e. The molecule has 3 aromatic rings. The fourth-order valence-corrected chi connectivity index (χ4v) is 5.20. The van der Waals surface area contributed by atoms with Crippen LogP contribution >= 0.6 is 11.6 Å². The number of nitrogens with zero attached hydrogens (tertiary/aromatic N) is 2. The highest BCUT2D eigenvalue weighted by molar-refractivity contribution is 7.92. The van der Waals surface area contributed by atoms with E-state index in [0.29, 0.717) is 16.3 Å². The van der Waals surface area contributed by atoms with E-state index >= 15 is 0 Å². The van der Waals surface area contributed by atoms with Crippen LogP contribution in [0.2, 0.25) is 5.02 Å². The van der Waals surface area contributed by atoms with Gasteiger partial charge in [0.25, 0.3) is 0 Å². The molecule has 8 nitrogen and oxygen atoms in total. The number of methoxy groups -OCH3 is 1. The third-order valence-corrected chi connectivity index (χ3v) is 7.34. The standard InChI is InChI=1S/C29H34ClN3O5S/c1-21(2)31-29(35)27(17-22-10-6-5-7-11-22)32(19-23-12-8-13-24(30)16-23)28(34)20-33(39(4,36)37)25-14-9-15-26(18-25)38-3/h5-16,18,21,27H,17,19-20H2,1-4H3,(H,31,35)/t27-/m1/s1. The van der Waals surface area contributed by atoms with Crippen molar-refractivity contribution in [2.45, 2.75) is 38.9 Å². The monoisotopic (exact) mass is 571 g/mol. The van der Waals surface area contributed by atoms with Crippen molar-refractivity contribution in [3.63, 3.8) is 0 Å². The Morgan fingerprint density at radius 2 is 1.62 bits per heavy atom. The molecule has 1 N–H and O–H groups in total. The molecule has 0 heterocycles. The topological polar surface area (TPSA) is 96.0 Å². The minimum Gasteiger partial charge on any atom is -0.497 e. The van der Waals surface area contributed by atoms with E-state index in [1.807, 2.05) is 50.2 Å². The van der Waals surface area contributed by atoms with Crippen molar-refractivity contribution in [2.75, 3.05) is 24.2 Å². The molecule has 0 radical (unpaired) electrons. The molecule has 0 saturated heterocycles. The number of nitrogens with one attached hydrogen (secondary N) is 1. The van der Waals surface area contributed by atoms with Crippen molar-refractivity contribution in [1.29, 1.82) is 0 Å². The van der Waals surface area contributed by atoms with Gasteiger partial charge in [-0.15, -0.1) is 0 Å². The first-order valence-corrected chi connectivity index (χ1v) is 14.7. The largest absolute Gasteiger partial charge is 0.497 e. The number of benzene rings is 3. The molecule has 0 aromatic heterocycles. The van der Waals surface area contributed by atoms with E-state index in [0.717, 1.165) is 16.1 Å². The van der Waals surface area contributed by atoms with Crippen molar-refractivity contribution >= 4 is 39.1 Å². The first-order valence-electron chi connectivity index (χ1n) is 12.5. The Kier molecular flexibility index (Phi) is 10.4. The number of rotatable bonds is 12. The number of carbonyl (C=O) groups is 2. The summed E-state index contributed by atoms with van der Waals surface area (Å²) < 4.78 is 32.0. The molecule has 2 amide bonds. The van der Waals surface area contributed by atoms with Crippen molar-refractivity contribution in [3.05, 3.63) is 95.0 Å². The quantitative estimate of drug-likeness (QED) is 0.350. The zero-order valence-electron chi connectivity index (χ0n) is 22.5. The lowest BCUT2D eigenvalue weighted by molar-refractivity contribution is -0.140. The van der Waals surface area contributed by atoms with Gasteiger partial charge in [0, 0.05) is 30.1 Å². The summed E-state index contributed by atoms with van der Waals surface area (Å²) in [5.74, 6) is -0.428. The van der Waals surface area contributed by atoms with Gasteiger partial charge in [-0.3, -0.25) is 13.9 Å². The molecule has 3 rings (SSSR count). The molecule has 39 heavy (non-hydrogen) atoms. The normalized spacial score (nSPS) is 12.1. The van der Waals surface area contributed by atoms with Gasteiger partial charge in [-0.05, 0) is 49.2 Å². The highest BCUT2D eigenvalue weighted by Crippen LogP contribution is 2.24. The van der Waals surface area contributed by atoms with Crippen LogP contribution in [0.3, 0.4) is 0 Å². The van der Waals surface area contributed by atoms with E-state index in [9.17, 15) is 18.0 Å². The summed E-state index contributed by atoms with van der Waals surface area (Å²) in [5, 5.41) is 3.41. The zero-order valence-corrected chi connectivity index (χ0v) is 24.1. The molecule has 0 unspecified atom stereocenters. The first-order chi connectivity index (χ1) is 18.5. The van der Waals surface area contributed by atoms with Crippen LogP contribution in [-0.4, -0.2) is 57.1 Å². The fourth-order valence-electron chi connectivity index (χ4n) is 4.15. The van der Waals surface area contributed by atoms with Gasteiger partial charge in [0.15, 0.2) is 0 Å². The Morgan fingerprint density at radius 1 is 0.949 bits per heavy atom. The number of halogens is 1. The molecular formula is C29H34ClN3O5S. The van der Waals surface area contributed by atoms with E-state index in [-0.39, 0.29) is 30.6 Å². The third kappa shape index (κ3) is 8.73. The smallest absolute Gasteiger partial charge is 0.244 e. The van der Waals surface area contributed by atoms with E-state index in [2.05, 4.69) is 5.32 Å². The van der Waals surface area contributed by atoms with Crippen LogP contribution in [0.4, 0.5) is 5.69 Å². The van der Waals surface area contributed by atoms with Crippen molar-refractivity contribution in [2.24, 2.45) is 0 Å². The summed E-state index contributed by atoms with van der Waals surface area (Å²) in [4.78, 5) is 29.0. The highest BCUT2D eigenvalue weighted by Gasteiger charge is 2.33. The Balaban J connectivity index is 2.06. The fraction of sp³-hybridized carbons (Fsp3) is 0.310. The van der Waals surface area contributed by atoms with Gasteiger partial charge < -0.3 is 15.0 Å². The molecule has 1 atom stereocenters. The molecule has 208 valence electrons. The second-order valence-electron chi connectivity index (χ2n) is 9.49. The summed E-state index contributed by atoms with van der Waals surface area (Å²) >= 11 is 6.22. The van der Waals surface area contributed by atoms with E-state index in [1.54, 1.807) is 42.5 Å². The summed E-state index contributed by atoms with van der Waals surface area (Å²) in [5.41, 5.74) is 1.84. The number of carbonyl (C=O) groups excluding carboxylic acids is 2. The first kappa shape index (κ1) is 30.0. The van der Waals surface area contributed by atoms with Gasteiger partial charge in [-0.25, -0.2) is 8.42 Å². The number of hydrogen-bond donors (Lipinski definition) is 1. The second-order valence-corrected chi connectivity index (χ2v) is 11.8. The number of sulfonamides is 1. The molecule has 0 aliphatic heterocycles. The summed E-state index contributed by atoms with van der Waals surface area (Å²) in [6.07, 6.45) is 1.28. The predicted molar refractivity (Wildman–Crippen MR) is 154 cm³/mol. The molecule has 3 aromatic carbocycles. The van der Waals surface area contributed by atoms with Gasteiger partial charge >= 0.3 is 0 Å². The number of amides is 2. The van der Waals surface area contributed by atoms with E-state index in [4.69, 9.17) is 16.3 Å². The predicted octanol–water partition coefficient (Wildman–Crippen LogP) is 4.28. The molecule has 10 heteroatoms. The lowest BCUT2D eigenvalue weighted by Gasteiger charge is -2.34. The summed E-state index contributed by atoms with van der Waals surface area (Å²) in [6, 6.07) is 21.8. The van der Waals surface area contributed by atoms with Gasteiger partial charge in [0.1, 0.15) is 18.3 Å². The molecule has 0 saturated carbocycles. The number of anilines is 1. The van der Waals surface area contributed by atoms with Crippen molar-refractivity contribution in [3.8, 4) is 5.75 Å². The average Bonchev–Trinajstić information content (AvgIpc) is 2.88. The number of ether oxygens (including phenoxy) is 1. The van der Waals surface area contributed by atoms with Gasteiger partial charge in [0.05, 0.1) is 19.1 Å². The van der Waals surface area contributed by atoms with Crippen LogP contribution in [0.5, 0.6) is 5.75 Å². The SMILES string of the molecule is COc1cccc(N(CC(=O)N(Cc2cccc(Cl)c2)[C@H](Cc2ccccc2)C(=O)NC(C)C)S(C)(=O)=O)c1. The van der Waals surface area contributed by atoms with Gasteiger partial charge in [-0.1, -0.05) is 60.1 Å². The minimum atomic E-state index is -3.87. The number of hydrogen-bond acceptors (Lipinski definition) is 5. The van der Waals surface area contributed by atoms with E-state index in [1.165, 1.54) is 12.0 Å². The Bertz CT molecular complexity index is 1380. The second kappa shape index (κ2) is 13.5. The molecule has 0 spiro atoms. The molecule has 0 aliphatic carbocycles. The van der Waals surface area contributed by atoms with Crippen molar-refractivity contribution < 1.29 is 22.7 Å². The minimum absolute atomic E-state index is 0.0537. The van der Waals surface area contributed by atoms with Crippen molar-refractivity contribution in [1.82, 2.24) is 10.2 Å². The van der Waals surface area contributed by atoms with Crippen LogP contribution < -0.4 is 14.4 Å².